The molecule has 2 N–H and O–H groups in total. The van der Waals surface area contributed by atoms with Gasteiger partial charge in [-0.2, -0.15) is 0 Å². The molecule has 0 spiro atoms. The highest BCUT2D eigenvalue weighted by Crippen LogP contribution is 2.18. The van der Waals surface area contributed by atoms with Gasteiger partial charge in [-0.3, -0.25) is 5.73 Å². The van der Waals surface area contributed by atoms with Gasteiger partial charge in [-0.15, -0.1) is 0 Å². The highest BCUT2D eigenvalue weighted by molar-refractivity contribution is 6.01. The van der Waals surface area contributed by atoms with Crippen LogP contribution in [0.1, 0.15) is 12.0 Å². The standard InChI is InChI=1S/C15H17N2O2/c1-12-6-2-5-9-15(12)18-10-13-7-3-4-8-14(13)17-19-11-16/h2-6,9H,8,10-11,16H2,1H3. The van der Waals surface area contributed by atoms with E-state index in [4.69, 9.17) is 15.3 Å². The number of nitrogens with two attached hydrogens (primary N) is 1. The number of para-hydroxylation sites is 1. The number of hydrogen-bond donors (Lipinski definition) is 1. The molecule has 1 radical (unpaired) electrons. The Morgan fingerprint density at radius 2 is 2.21 bits per heavy atom. The lowest BCUT2D eigenvalue weighted by molar-refractivity contribution is 0.151. The molecule has 1 aromatic carbocycles. The Morgan fingerprint density at radius 3 is 3.00 bits per heavy atom. The molecule has 4 heteroatoms. The van der Waals surface area contributed by atoms with Crippen LogP contribution in [0.3, 0.4) is 0 Å². The predicted molar refractivity (Wildman–Crippen MR) is 74.8 cm³/mol. The van der Waals surface area contributed by atoms with Crippen molar-refractivity contribution >= 4 is 5.71 Å². The van der Waals surface area contributed by atoms with Crippen molar-refractivity contribution in [2.75, 3.05) is 13.3 Å². The number of allylic oxidation sites excluding steroid dienone is 3. The molecule has 0 saturated heterocycles. The van der Waals surface area contributed by atoms with Gasteiger partial charge in [-0.25, -0.2) is 0 Å². The molecule has 0 aliphatic heterocycles. The summed E-state index contributed by atoms with van der Waals surface area (Å²) < 4.78 is 5.79. The lowest BCUT2D eigenvalue weighted by Gasteiger charge is -2.14. The average Bonchev–Trinajstić information content (AvgIpc) is 2.45. The van der Waals surface area contributed by atoms with Crippen molar-refractivity contribution in [3.63, 3.8) is 0 Å². The second kappa shape index (κ2) is 6.75. The number of hydrogen-bond acceptors (Lipinski definition) is 4. The molecule has 99 valence electrons. The topological polar surface area (TPSA) is 56.8 Å². The van der Waals surface area contributed by atoms with Crippen molar-refractivity contribution in [1.29, 1.82) is 0 Å². The van der Waals surface area contributed by atoms with Crippen molar-refractivity contribution in [1.82, 2.24) is 0 Å². The zero-order valence-corrected chi connectivity index (χ0v) is 10.9. The maximum absolute atomic E-state index is 5.79. The summed E-state index contributed by atoms with van der Waals surface area (Å²) in [5, 5.41) is 3.98. The average molecular weight is 257 g/mol. The number of benzene rings is 1. The fraction of sp³-hybridized carbons (Fsp3) is 0.267. The minimum atomic E-state index is 0.0686. The zero-order valence-electron chi connectivity index (χ0n) is 10.9. The third-order valence-electron chi connectivity index (χ3n) is 2.75. The highest BCUT2D eigenvalue weighted by atomic mass is 16.6. The number of oxime groups is 1. The van der Waals surface area contributed by atoms with Crippen molar-refractivity contribution in [3.05, 3.63) is 53.6 Å². The molecule has 0 saturated carbocycles. The van der Waals surface area contributed by atoms with E-state index in [0.29, 0.717) is 13.0 Å². The molecular weight excluding hydrogens is 240 g/mol. The van der Waals surface area contributed by atoms with E-state index in [1.807, 2.05) is 43.3 Å². The molecule has 0 amide bonds. The lowest BCUT2D eigenvalue weighted by Crippen LogP contribution is -2.14. The number of nitrogens with zero attached hydrogens (tertiary/aromatic N) is 1. The van der Waals surface area contributed by atoms with E-state index in [2.05, 4.69) is 11.2 Å². The van der Waals surface area contributed by atoms with Crippen LogP contribution in [-0.2, 0) is 4.84 Å². The summed E-state index contributed by atoms with van der Waals surface area (Å²) in [6, 6.07) is 7.90. The predicted octanol–water partition coefficient (Wildman–Crippen LogP) is 2.35. The first-order valence-corrected chi connectivity index (χ1v) is 6.16. The van der Waals surface area contributed by atoms with Gasteiger partial charge in [0.25, 0.3) is 0 Å². The molecule has 0 bridgehead atoms. The fourth-order valence-electron chi connectivity index (χ4n) is 1.74. The SMILES string of the molecule is Cc1ccccc1OCC1=[C]C=CCC1=NOCN. The van der Waals surface area contributed by atoms with E-state index >= 15 is 0 Å². The molecule has 4 nitrogen and oxygen atoms in total. The largest absolute Gasteiger partial charge is 0.489 e. The first-order chi connectivity index (χ1) is 9.31. The van der Waals surface area contributed by atoms with Crippen molar-refractivity contribution in [2.24, 2.45) is 10.9 Å². The molecule has 1 aliphatic carbocycles. The van der Waals surface area contributed by atoms with Crippen LogP contribution in [0.15, 0.2) is 47.1 Å². The number of rotatable bonds is 5. The van der Waals surface area contributed by atoms with E-state index in [-0.39, 0.29) is 6.73 Å². The summed E-state index contributed by atoms with van der Waals surface area (Å²) in [4.78, 5) is 4.89. The summed E-state index contributed by atoms with van der Waals surface area (Å²) in [6.07, 6.45) is 7.68. The van der Waals surface area contributed by atoms with E-state index in [1.165, 1.54) is 0 Å². The first-order valence-electron chi connectivity index (χ1n) is 6.16. The van der Waals surface area contributed by atoms with Crippen LogP contribution in [0, 0.1) is 13.0 Å². The van der Waals surface area contributed by atoms with Crippen LogP contribution in [-0.4, -0.2) is 19.0 Å². The van der Waals surface area contributed by atoms with E-state index < -0.39 is 0 Å². The third-order valence-corrected chi connectivity index (χ3v) is 2.75. The molecule has 0 unspecified atom stereocenters. The highest BCUT2D eigenvalue weighted by Gasteiger charge is 2.11. The lowest BCUT2D eigenvalue weighted by atomic mass is 10.0. The molecule has 0 aromatic heterocycles. The van der Waals surface area contributed by atoms with Crippen LogP contribution < -0.4 is 10.5 Å². The van der Waals surface area contributed by atoms with E-state index in [9.17, 15) is 0 Å². The third kappa shape index (κ3) is 3.69. The quantitative estimate of drug-likeness (QED) is 0.650. The number of ether oxygens (including phenoxy) is 1. The van der Waals surface area contributed by atoms with Gasteiger partial charge in [0.1, 0.15) is 12.4 Å². The Balaban J connectivity index is 2.03. The van der Waals surface area contributed by atoms with Crippen LogP contribution >= 0.6 is 0 Å². The Labute approximate surface area is 113 Å². The molecule has 1 aromatic rings. The van der Waals surface area contributed by atoms with Crippen molar-refractivity contribution in [3.8, 4) is 5.75 Å². The van der Waals surface area contributed by atoms with Gasteiger partial charge in [0, 0.05) is 12.0 Å². The smallest absolute Gasteiger partial charge is 0.165 e. The van der Waals surface area contributed by atoms with Crippen LogP contribution in [0.5, 0.6) is 5.75 Å². The van der Waals surface area contributed by atoms with Gasteiger partial charge in [-0.05, 0) is 24.6 Å². The van der Waals surface area contributed by atoms with Crippen LogP contribution in [0.25, 0.3) is 0 Å². The summed E-state index contributed by atoms with van der Waals surface area (Å²) in [7, 11) is 0. The summed E-state index contributed by atoms with van der Waals surface area (Å²) in [5.41, 5.74) is 8.07. The van der Waals surface area contributed by atoms with Gasteiger partial charge in [-0.1, -0.05) is 35.5 Å². The molecule has 2 rings (SSSR count). The van der Waals surface area contributed by atoms with Gasteiger partial charge in [0.15, 0.2) is 6.73 Å². The fourth-order valence-corrected chi connectivity index (χ4v) is 1.74. The second-order valence-electron chi connectivity index (χ2n) is 4.12. The van der Waals surface area contributed by atoms with Gasteiger partial charge in [0.05, 0.1) is 5.71 Å². The second-order valence-corrected chi connectivity index (χ2v) is 4.12. The molecule has 0 fully saturated rings. The molecule has 19 heavy (non-hydrogen) atoms. The maximum Gasteiger partial charge on any atom is 0.165 e. The Morgan fingerprint density at radius 1 is 1.37 bits per heavy atom. The maximum atomic E-state index is 5.79. The van der Waals surface area contributed by atoms with E-state index in [0.717, 1.165) is 22.6 Å². The van der Waals surface area contributed by atoms with Gasteiger partial charge < -0.3 is 9.57 Å². The molecule has 1 aliphatic rings. The van der Waals surface area contributed by atoms with Gasteiger partial charge in [0.2, 0.25) is 0 Å². The normalized spacial score (nSPS) is 16.3. The minimum Gasteiger partial charge on any atom is -0.489 e. The Hall–Kier alpha value is -2.07. The summed E-state index contributed by atoms with van der Waals surface area (Å²) in [6.45, 7) is 2.50. The minimum absolute atomic E-state index is 0.0686. The van der Waals surface area contributed by atoms with Crippen molar-refractivity contribution < 1.29 is 9.57 Å². The Bertz CT molecular complexity index is 519. The van der Waals surface area contributed by atoms with Crippen LogP contribution in [0.2, 0.25) is 0 Å². The Kier molecular flexibility index (Phi) is 4.75. The summed E-state index contributed by atoms with van der Waals surface area (Å²) in [5.74, 6) is 0.866. The van der Waals surface area contributed by atoms with Gasteiger partial charge >= 0.3 is 0 Å². The van der Waals surface area contributed by atoms with E-state index in [1.54, 1.807) is 0 Å². The molecule has 0 heterocycles. The number of aryl methyl sites for hydroxylation is 1. The van der Waals surface area contributed by atoms with Crippen LogP contribution in [0.4, 0.5) is 0 Å². The molecule has 0 atom stereocenters. The van der Waals surface area contributed by atoms with Crippen molar-refractivity contribution in [2.45, 2.75) is 13.3 Å². The summed E-state index contributed by atoms with van der Waals surface area (Å²) >= 11 is 0. The molecular formula is C15H17N2O2. The zero-order chi connectivity index (χ0) is 13.5. The monoisotopic (exact) mass is 257 g/mol. The first kappa shape index (κ1) is 13.4.